The van der Waals surface area contributed by atoms with Crippen molar-refractivity contribution in [1.82, 2.24) is 9.78 Å². The van der Waals surface area contributed by atoms with Crippen LogP contribution in [0.1, 0.15) is 0 Å². The normalized spacial score (nSPS) is 11.4. The molecule has 0 fully saturated rings. The summed E-state index contributed by atoms with van der Waals surface area (Å²) in [6.07, 6.45) is 0. The van der Waals surface area contributed by atoms with E-state index in [0.29, 0.717) is 0 Å². The molecule has 0 unspecified atom stereocenters. The van der Waals surface area contributed by atoms with Crippen molar-refractivity contribution in [3.8, 4) is 5.69 Å². The molecule has 1 heterocycles. The topological polar surface area (TPSA) is 279 Å². The summed E-state index contributed by atoms with van der Waals surface area (Å²) >= 11 is 0. The van der Waals surface area contributed by atoms with Gasteiger partial charge >= 0.3 is 5.69 Å². The molecule has 0 spiro atoms. The van der Waals surface area contributed by atoms with E-state index in [-0.39, 0.29) is 33.6 Å². The zero-order valence-electron chi connectivity index (χ0n) is 16.8. The van der Waals surface area contributed by atoms with Gasteiger partial charge in [0.15, 0.2) is 17.3 Å². The predicted octanol–water partition coefficient (Wildman–Crippen LogP) is 1.23. The van der Waals surface area contributed by atoms with Gasteiger partial charge < -0.3 is 22.9 Å². The number of hydrogen-bond acceptors (Lipinski definition) is 11. The van der Waals surface area contributed by atoms with Crippen LogP contribution < -0.4 is 22.9 Å². The highest BCUT2D eigenvalue weighted by Crippen LogP contribution is 2.36. The van der Waals surface area contributed by atoms with Crippen molar-refractivity contribution < 1.29 is 18.3 Å². The number of rotatable bonds is 7. The van der Waals surface area contributed by atoms with Crippen LogP contribution in [-0.4, -0.2) is 34.0 Å². The molecule has 18 heteroatoms. The predicted molar refractivity (Wildman–Crippen MR) is 119 cm³/mol. The zero-order chi connectivity index (χ0) is 25.2. The lowest BCUT2D eigenvalue weighted by atomic mass is 10.2. The van der Waals surface area contributed by atoms with Crippen LogP contribution in [-0.2, 0) is 10.0 Å². The number of nitro benzene ring substituents is 2. The van der Waals surface area contributed by atoms with Crippen LogP contribution in [0.25, 0.3) is 5.69 Å². The third-order valence-electron chi connectivity index (χ3n) is 4.14. The molecule has 0 saturated carbocycles. The number of aromatic nitrogens is 2. The van der Waals surface area contributed by atoms with Crippen molar-refractivity contribution >= 4 is 50.4 Å². The summed E-state index contributed by atoms with van der Waals surface area (Å²) in [4.78, 5) is 20.5. The molecule has 3 aromatic rings. The van der Waals surface area contributed by atoms with Crippen LogP contribution >= 0.6 is 0 Å². The second-order valence-electron chi connectivity index (χ2n) is 6.40. The second kappa shape index (κ2) is 8.78. The molecule has 0 aliphatic heterocycles. The van der Waals surface area contributed by atoms with Crippen molar-refractivity contribution in [1.29, 1.82) is 0 Å². The molecule has 8 N–H and O–H groups in total. The molecule has 0 atom stereocenters. The Morgan fingerprint density at radius 3 is 2.18 bits per heavy atom. The van der Waals surface area contributed by atoms with E-state index in [2.05, 4.69) is 19.7 Å². The summed E-state index contributed by atoms with van der Waals surface area (Å²) < 4.78 is 28.0. The van der Waals surface area contributed by atoms with Gasteiger partial charge in [0.2, 0.25) is 5.96 Å². The average molecular weight is 489 g/mol. The molecular formula is C16H15N11O6S. The molecule has 0 bridgehead atoms. The zero-order valence-corrected chi connectivity index (χ0v) is 17.7. The minimum absolute atomic E-state index is 0.134. The van der Waals surface area contributed by atoms with Crippen LogP contribution in [0.3, 0.4) is 0 Å². The summed E-state index contributed by atoms with van der Waals surface area (Å²) in [5.41, 5.74) is 20.7. The number of nitrogens with two attached hydrogens (primary N) is 4. The molecule has 0 radical (unpaired) electrons. The molecule has 34 heavy (non-hydrogen) atoms. The summed E-state index contributed by atoms with van der Waals surface area (Å²) in [6.45, 7) is 0. The van der Waals surface area contributed by atoms with Crippen LogP contribution in [0.2, 0.25) is 0 Å². The Bertz CT molecular complexity index is 1460. The third-order valence-corrected chi connectivity index (χ3v) is 5.46. The first kappa shape index (κ1) is 23.5. The minimum atomic E-state index is -4.09. The summed E-state index contributed by atoms with van der Waals surface area (Å²) in [5.74, 6) is -1.09. The van der Waals surface area contributed by atoms with Crippen LogP contribution in [0.4, 0.5) is 34.4 Å². The number of benzene rings is 2. The van der Waals surface area contributed by atoms with E-state index < -0.39 is 37.2 Å². The smallest absolute Gasteiger partial charge is 0.301 e. The number of hydrogen-bond donors (Lipinski definition) is 4. The van der Waals surface area contributed by atoms with Crippen molar-refractivity contribution in [3.05, 3.63) is 62.7 Å². The minimum Gasteiger partial charge on any atom is -0.382 e. The van der Waals surface area contributed by atoms with Gasteiger partial charge in [0.05, 0.1) is 26.5 Å². The molecule has 0 aliphatic rings. The highest BCUT2D eigenvalue weighted by molar-refractivity contribution is 7.90. The van der Waals surface area contributed by atoms with Gasteiger partial charge in [-0.05, 0) is 30.3 Å². The van der Waals surface area contributed by atoms with Crippen molar-refractivity contribution in [3.63, 3.8) is 0 Å². The maximum atomic E-state index is 12.0. The molecule has 0 saturated heterocycles. The fourth-order valence-corrected chi connectivity index (χ4v) is 3.52. The molecule has 3 rings (SSSR count). The van der Waals surface area contributed by atoms with Gasteiger partial charge in [-0.25, -0.2) is 4.68 Å². The van der Waals surface area contributed by atoms with Crippen molar-refractivity contribution in [2.24, 2.45) is 26.1 Å². The molecule has 0 amide bonds. The van der Waals surface area contributed by atoms with Gasteiger partial charge in [0, 0.05) is 6.07 Å². The van der Waals surface area contributed by atoms with Crippen molar-refractivity contribution in [2.75, 3.05) is 11.5 Å². The number of azo groups is 1. The van der Waals surface area contributed by atoms with Crippen LogP contribution in [0, 0.1) is 20.2 Å². The monoisotopic (exact) mass is 489 g/mol. The number of nitro groups is 2. The summed E-state index contributed by atoms with van der Waals surface area (Å²) in [5, 5.41) is 34.0. The van der Waals surface area contributed by atoms with Gasteiger partial charge in [0.25, 0.3) is 15.7 Å². The van der Waals surface area contributed by atoms with E-state index in [1.807, 2.05) is 0 Å². The van der Waals surface area contributed by atoms with Crippen molar-refractivity contribution in [2.45, 2.75) is 4.90 Å². The quantitative estimate of drug-likeness (QED) is 0.120. The van der Waals surface area contributed by atoms with Crippen LogP contribution in [0.15, 0.2) is 62.0 Å². The van der Waals surface area contributed by atoms with E-state index in [0.717, 1.165) is 22.9 Å². The number of nitrogen functional groups attached to an aromatic ring is 2. The molecule has 1 aromatic heterocycles. The molecule has 17 nitrogen and oxygen atoms in total. The third kappa shape index (κ3) is 4.70. The second-order valence-corrected chi connectivity index (χ2v) is 8.01. The van der Waals surface area contributed by atoms with Gasteiger partial charge in [-0.1, -0.05) is 0 Å². The Labute approximate surface area is 189 Å². The highest BCUT2D eigenvalue weighted by atomic mass is 32.2. The Balaban J connectivity index is 1.96. The lowest BCUT2D eigenvalue weighted by Gasteiger charge is -2.04. The summed E-state index contributed by atoms with van der Waals surface area (Å²) in [7, 11) is -4.09. The standard InChI is InChI=1S/C16H15N11O6S/c17-14-13(22-21-8-1-4-10(5-2-8)34(32,33)24-16(19)20)15(18)25(23-14)11-6-3-9(26(28)29)7-12(11)27(30)31/h1-7H,18H2,(H2,17,23)(H4,19,20,24). The number of nitrogens with zero attached hydrogens (tertiary/aromatic N) is 7. The van der Waals surface area contributed by atoms with Crippen LogP contribution in [0.5, 0.6) is 0 Å². The Morgan fingerprint density at radius 2 is 1.62 bits per heavy atom. The number of non-ortho nitro benzene ring substituents is 1. The van der Waals surface area contributed by atoms with Gasteiger partial charge in [0.1, 0.15) is 5.69 Å². The Morgan fingerprint density at radius 1 is 0.971 bits per heavy atom. The SMILES string of the molecule is NC(N)=NS(=O)(=O)c1ccc(N=Nc2c(N)nn(-c3ccc([N+](=O)[O-])cc3[N+](=O)[O-])c2N)cc1. The first-order chi connectivity index (χ1) is 15.9. The largest absolute Gasteiger partial charge is 0.382 e. The first-order valence-corrected chi connectivity index (χ1v) is 10.3. The van der Waals surface area contributed by atoms with E-state index >= 15 is 0 Å². The average Bonchev–Trinajstić information content (AvgIpc) is 3.04. The van der Waals surface area contributed by atoms with Gasteiger partial charge in [-0.2, -0.15) is 13.5 Å². The lowest BCUT2D eigenvalue weighted by Crippen LogP contribution is -2.24. The van der Waals surface area contributed by atoms with Gasteiger partial charge in [-0.3, -0.25) is 20.2 Å². The fraction of sp³-hybridized carbons (Fsp3) is 0. The van der Waals surface area contributed by atoms with E-state index in [1.165, 1.54) is 24.3 Å². The van der Waals surface area contributed by atoms with E-state index in [1.54, 1.807) is 0 Å². The maximum Gasteiger partial charge on any atom is 0.301 e. The maximum absolute atomic E-state index is 12.0. The highest BCUT2D eigenvalue weighted by Gasteiger charge is 2.25. The number of anilines is 2. The summed E-state index contributed by atoms with van der Waals surface area (Å²) in [6, 6.07) is 7.87. The Kier molecular flexibility index (Phi) is 6.08. The Hall–Kier alpha value is -5.13. The molecular weight excluding hydrogens is 474 g/mol. The molecule has 2 aromatic carbocycles. The number of sulfonamides is 1. The van der Waals surface area contributed by atoms with Gasteiger partial charge in [-0.15, -0.1) is 14.6 Å². The molecule has 0 aliphatic carbocycles. The lowest BCUT2D eigenvalue weighted by molar-refractivity contribution is -0.394. The molecule has 176 valence electrons. The first-order valence-electron chi connectivity index (χ1n) is 8.85. The van der Waals surface area contributed by atoms with E-state index in [9.17, 15) is 28.6 Å². The fourth-order valence-electron chi connectivity index (χ4n) is 2.66. The van der Waals surface area contributed by atoms with E-state index in [4.69, 9.17) is 22.9 Å². The number of guanidine groups is 1.